The number of esters is 1. The van der Waals surface area contributed by atoms with E-state index < -0.39 is 0 Å². The topological polar surface area (TPSA) is 41.6 Å². The van der Waals surface area contributed by atoms with E-state index >= 15 is 0 Å². The van der Waals surface area contributed by atoms with E-state index in [1.165, 1.54) is 7.11 Å². The molecule has 0 aliphatic carbocycles. The lowest BCUT2D eigenvalue weighted by Gasteiger charge is -2.27. The van der Waals surface area contributed by atoms with Crippen LogP contribution in [0.4, 0.5) is 0 Å². The van der Waals surface area contributed by atoms with Gasteiger partial charge in [0.1, 0.15) is 6.04 Å². The second-order valence-electron chi connectivity index (χ2n) is 4.08. The van der Waals surface area contributed by atoms with Crippen molar-refractivity contribution in [3.05, 3.63) is 22.4 Å². The Kier molecular flexibility index (Phi) is 4.53. The summed E-state index contributed by atoms with van der Waals surface area (Å²) in [6.07, 6.45) is 1.07. The maximum atomic E-state index is 11.9. The third-order valence-corrected chi connectivity index (χ3v) is 3.90. The quantitative estimate of drug-likeness (QED) is 0.825. The molecule has 1 aliphatic heterocycles. The van der Waals surface area contributed by atoms with Gasteiger partial charge in [-0.15, -0.1) is 11.3 Å². The molecule has 2 rings (SSSR count). The van der Waals surface area contributed by atoms with Gasteiger partial charge in [-0.2, -0.15) is 0 Å². The number of nitrogens with zero attached hydrogens (tertiary/aromatic N) is 1. The van der Waals surface area contributed by atoms with Crippen LogP contribution >= 0.6 is 11.3 Å². The highest BCUT2D eigenvalue weighted by molar-refractivity contribution is 7.10. The summed E-state index contributed by atoms with van der Waals surface area (Å²) in [6.45, 7) is 3.77. The number of ether oxygens (including phenoxy) is 1. The maximum Gasteiger partial charge on any atom is 0.328 e. The van der Waals surface area contributed by atoms with Crippen molar-refractivity contribution in [1.82, 2.24) is 10.2 Å². The third kappa shape index (κ3) is 3.06. The molecule has 0 radical (unpaired) electrons. The molecule has 0 spiro atoms. The van der Waals surface area contributed by atoms with Gasteiger partial charge in [0.05, 0.1) is 7.11 Å². The lowest BCUT2D eigenvalue weighted by Crippen LogP contribution is -2.36. The van der Waals surface area contributed by atoms with Crippen LogP contribution in [0, 0.1) is 0 Å². The molecule has 1 aromatic rings. The highest BCUT2D eigenvalue weighted by atomic mass is 32.1. The van der Waals surface area contributed by atoms with Gasteiger partial charge in [0.15, 0.2) is 0 Å². The smallest absolute Gasteiger partial charge is 0.328 e. The van der Waals surface area contributed by atoms with Gasteiger partial charge in [0, 0.05) is 24.5 Å². The summed E-state index contributed by atoms with van der Waals surface area (Å²) in [6, 6.07) is 3.75. The molecule has 5 heteroatoms. The average Bonchev–Trinajstić information content (AvgIpc) is 2.73. The van der Waals surface area contributed by atoms with E-state index in [0.717, 1.165) is 37.5 Å². The maximum absolute atomic E-state index is 11.9. The molecule has 1 aromatic heterocycles. The van der Waals surface area contributed by atoms with Crippen molar-refractivity contribution in [3.8, 4) is 0 Å². The molecule has 0 bridgehead atoms. The Bertz CT molecular complexity index is 345. The van der Waals surface area contributed by atoms with Crippen LogP contribution < -0.4 is 5.32 Å². The van der Waals surface area contributed by atoms with Crippen LogP contribution in [0.1, 0.15) is 17.3 Å². The number of rotatable bonds is 3. The number of hydrogen-bond acceptors (Lipinski definition) is 5. The monoisotopic (exact) mass is 254 g/mol. The second-order valence-corrected chi connectivity index (χ2v) is 5.06. The van der Waals surface area contributed by atoms with Crippen LogP contribution in [0.2, 0.25) is 0 Å². The van der Waals surface area contributed by atoms with Crippen LogP contribution in [-0.4, -0.2) is 44.2 Å². The van der Waals surface area contributed by atoms with E-state index in [2.05, 4.69) is 10.2 Å². The lowest BCUT2D eigenvalue weighted by atomic mass is 10.2. The van der Waals surface area contributed by atoms with E-state index in [1.807, 2.05) is 17.5 Å². The predicted molar refractivity (Wildman–Crippen MR) is 68.1 cm³/mol. The Morgan fingerprint density at radius 1 is 1.53 bits per heavy atom. The van der Waals surface area contributed by atoms with Gasteiger partial charge in [0.2, 0.25) is 0 Å². The molecule has 17 heavy (non-hydrogen) atoms. The molecular weight excluding hydrogens is 236 g/mol. The molecular formula is C12H18N2O2S. The Hall–Kier alpha value is -0.910. The van der Waals surface area contributed by atoms with E-state index in [1.54, 1.807) is 11.3 Å². The molecule has 0 amide bonds. The highest BCUT2D eigenvalue weighted by Crippen LogP contribution is 2.26. The first-order valence-corrected chi connectivity index (χ1v) is 6.77. The number of carbonyl (C=O) groups is 1. The summed E-state index contributed by atoms with van der Waals surface area (Å²) < 4.78 is 4.94. The first-order chi connectivity index (χ1) is 8.33. The van der Waals surface area contributed by atoms with Crippen molar-refractivity contribution in [2.75, 3.05) is 33.3 Å². The Morgan fingerprint density at radius 2 is 2.41 bits per heavy atom. The summed E-state index contributed by atoms with van der Waals surface area (Å²) in [5.41, 5.74) is 0. The van der Waals surface area contributed by atoms with Gasteiger partial charge < -0.3 is 10.1 Å². The number of hydrogen-bond donors (Lipinski definition) is 1. The summed E-state index contributed by atoms with van der Waals surface area (Å²) in [4.78, 5) is 15.2. The molecule has 1 fully saturated rings. The van der Waals surface area contributed by atoms with E-state index in [9.17, 15) is 4.79 Å². The van der Waals surface area contributed by atoms with E-state index in [0.29, 0.717) is 0 Å². The van der Waals surface area contributed by atoms with E-state index in [-0.39, 0.29) is 12.0 Å². The van der Waals surface area contributed by atoms with Crippen LogP contribution in [0.15, 0.2) is 17.5 Å². The molecule has 1 N–H and O–H groups in total. The van der Waals surface area contributed by atoms with Gasteiger partial charge in [-0.25, -0.2) is 4.79 Å². The molecule has 0 aromatic carbocycles. The summed E-state index contributed by atoms with van der Waals surface area (Å²) in [7, 11) is 1.46. The van der Waals surface area contributed by atoms with Crippen LogP contribution in [0.5, 0.6) is 0 Å². The minimum absolute atomic E-state index is 0.158. The van der Waals surface area contributed by atoms with Crippen molar-refractivity contribution in [1.29, 1.82) is 0 Å². The molecule has 1 aliphatic rings. The molecule has 0 saturated carbocycles. The van der Waals surface area contributed by atoms with Crippen molar-refractivity contribution < 1.29 is 9.53 Å². The zero-order valence-electron chi connectivity index (χ0n) is 10.0. The lowest BCUT2D eigenvalue weighted by molar-refractivity contribution is -0.147. The normalized spacial score (nSPS) is 19.6. The fourth-order valence-electron chi connectivity index (χ4n) is 2.13. The first kappa shape index (κ1) is 12.5. The Morgan fingerprint density at radius 3 is 3.12 bits per heavy atom. The van der Waals surface area contributed by atoms with Gasteiger partial charge in [0.25, 0.3) is 0 Å². The van der Waals surface area contributed by atoms with Crippen molar-refractivity contribution >= 4 is 17.3 Å². The molecule has 4 nitrogen and oxygen atoms in total. The molecule has 1 atom stereocenters. The summed E-state index contributed by atoms with van der Waals surface area (Å²) in [5, 5.41) is 5.35. The van der Waals surface area contributed by atoms with Crippen LogP contribution in [0.25, 0.3) is 0 Å². The third-order valence-electron chi connectivity index (χ3n) is 2.98. The number of thiophene rings is 1. The largest absolute Gasteiger partial charge is 0.468 e. The number of nitrogens with one attached hydrogen (secondary N) is 1. The molecule has 94 valence electrons. The number of carbonyl (C=O) groups excluding carboxylic acids is 1. The fourth-order valence-corrected chi connectivity index (χ4v) is 2.97. The molecule has 1 unspecified atom stereocenters. The standard InChI is InChI=1S/C12H18N2O2S/c1-16-12(15)11(10-4-2-9-17-10)14-7-3-5-13-6-8-14/h2,4,9,11,13H,3,5-8H2,1H3. The van der Waals surface area contributed by atoms with Crippen molar-refractivity contribution in [3.63, 3.8) is 0 Å². The minimum atomic E-state index is -0.236. The summed E-state index contributed by atoms with van der Waals surface area (Å²) >= 11 is 1.61. The minimum Gasteiger partial charge on any atom is -0.468 e. The van der Waals surface area contributed by atoms with Crippen LogP contribution in [0.3, 0.4) is 0 Å². The predicted octanol–water partition coefficient (Wildman–Crippen LogP) is 1.26. The molecule has 2 heterocycles. The van der Waals surface area contributed by atoms with Gasteiger partial charge >= 0.3 is 5.97 Å². The zero-order valence-corrected chi connectivity index (χ0v) is 10.8. The average molecular weight is 254 g/mol. The Labute approximate surface area is 106 Å². The fraction of sp³-hybridized carbons (Fsp3) is 0.583. The number of methoxy groups -OCH3 is 1. The van der Waals surface area contributed by atoms with Crippen molar-refractivity contribution in [2.24, 2.45) is 0 Å². The van der Waals surface area contributed by atoms with Gasteiger partial charge in [-0.3, -0.25) is 4.90 Å². The van der Waals surface area contributed by atoms with Gasteiger partial charge in [-0.1, -0.05) is 6.07 Å². The molecule has 1 saturated heterocycles. The SMILES string of the molecule is COC(=O)C(c1cccs1)N1CCCNCC1. The van der Waals surface area contributed by atoms with Crippen LogP contribution in [-0.2, 0) is 9.53 Å². The second kappa shape index (κ2) is 6.14. The van der Waals surface area contributed by atoms with Gasteiger partial charge in [-0.05, 0) is 24.4 Å². The first-order valence-electron chi connectivity index (χ1n) is 5.89. The van der Waals surface area contributed by atoms with E-state index in [4.69, 9.17) is 4.74 Å². The zero-order chi connectivity index (χ0) is 12.1. The summed E-state index contributed by atoms with van der Waals surface area (Å²) in [5.74, 6) is -0.158. The highest BCUT2D eigenvalue weighted by Gasteiger charge is 2.29. The van der Waals surface area contributed by atoms with Crippen molar-refractivity contribution in [2.45, 2.75) is 12.5 Å². The Balaban J connectivity index is 2.17.